The van der Waals surface area contributed by atoms with Crippen LogP contribution in [0.1, 0.15) is 54.5 Å². The van der Waals surface area contributed by atoms with E-state index in [0.29, 0.717) is 18.0 Å². The lowest BCUT2D eigenvalue weighted by atomic mass is 9.96. The van der Waals surface area contributed by atoms with Gasteiger partial charge in [-0.3, -0.25) is 14.2 Å². The van der Waals surface area contributed by atoms with E-state index in [4.69, 9.17) is 4.52 Å². The highest BCUT2D eigenvalue weighted by Gasteiger charge is 2.33. The van der Waals surface area contributed by atoms with Gasteiger partial charge in [0.2, 0.25) is 5.91 Å². The van der Waals surface area contributed by atoms with Crippen LogP contribution >= 0.6 is 0 Å². The van der Waals surface area contributed by atoms with E-state index in [1.54, 1.807) is 16.5 Å². The molecular formula is C20H24F2N6O2. The number of alkyl halides is 2. The SMILES string of the molecule is Cc1cc(-c2cn(C)nc2C2CCCCN2C(=O)Cn2nc(C(F)F)cc2C)on1. The van der Waals surface area contributed by atoms with E-state index in [1.807, 2.05) is 26.2 Å². The maximum absolute atomic E-state index is 13.1. The lowest BCUT2D eigenvalue weighted by Gasteiger charge is -2.35. The summed E-state index contributed by atoms with van der Waals surface area (Å²) in [6.07, 6.45) is 1.81. The number of halogens is 2. The standard InChI is InChI=1S/C20H24F2N6O2/c1-12-8-17(30-25-12)14-10-26(3)24-19(14)16-6-4-5-7-27(16)18(29)11-28-13(2)9-15(23-28)20(21)22/h8-10,16,20H,4-7,11H2,1-3H3. The lowest BCUT2D eigenvalue weighted by Crippen LogP contribution is -2.41. The third kappa shape index (κ3) is 3.86. The van der Waals surface area contributed by atoms with Crippen LogP contribution in [0.25, 0.3) is 11.3 Å². The van der Waals surface area contributed by atoms with Gasteiger partial charge in [0.15, 0.2) is 5.76 Å². The average molecular weight is 418 g/mol. The van der Waals surface area contributed by atoms with Gasteiger partial charge in [-0.15, -0.1) is 0 Å². The van der Waals surface area contributed by atoms with Gasteiger partial charge in [0.05, 0.1) is 23.0 Å². The second-order valence-electron chi connectivity index (χ2n) is 7.70. The maximum atomic E-state index is 13.1. The molecule has 0 aliphatic carbocycles. The summed E-state index contributed by atoms with van der Waals surface area (Å²) in [5.41, 5.74) is 2.54. The molecule has 1 fully saturated rings. The monoisotopic (exact) mass is 418 g/mol. The molecule has 1 aliphatic heterocycles. The van der Waals surface area contributed by atoms with Gasteiger partial charge in [-0.2, -0.15) is 10.2 Å². The molecule has 1 atom stereocenters. The van der Waals surface area contributed by atoms with Crippen LogP contribution in [-0.2, 0) is 18.4 Å². The van der Waals surface area contributed by atoms with Crippen molar-refractivity contribution in [1.82, 2.24) is 29.6 Å². The Bertz CT molecular complexity index is 1050. The third-order valence-electron chi connectivity index (χ3n) is 5.40. The number of hydrogen-bond donors (Lipinski definition) is 0. The number of carbonyl (C=O) groups is 1. The molecule has 0 spiro atoms. The number of amides is 1. The van der Waals surface area contributed by atoms with Crippen molar-refractivity contribution in [2.24, 2.45) is 7.05 Å². The van der Waals surface area contributed by atoms with Crippen molar-refractivity contribution < 1.29 is 18.1 Å². The zero-order valence-electron chi connectivity index (χ0n) is 17.2. The van der Waals surface area contributed by atoms with E-state index in [2.05, 4.69) is 15.4 Å². The van der Waals surface area contributed by atoms with E-state index in [1.165, 1.54) is 10.7 Å². The summed E-state index contributed by atoms with van der Waals surface area (Å²) >= 11 is 0. The number of carbonyl (C=O) groups excluding carboxylic acids is 1. The fraction of sp³-hybridized carbons (Fsp3) is 0.500. The summed E-state index contributed by atoms with van der Waals surface area (Å²) in [7, 11) is 1.82. The molecule has 1 unspecified atom stereocenters. The van der Waals surface area contributed by atoms with Crippen LogP contribution in [-0.4, -0.2) is 42.1 Å². The van der Waals surface area contributed by atoms with Gasteiger partial charge >= 0.3 is 0 Å². The Hall–Kier alpha value is -3.04. The second-order valence-corrected chi connectivity index (χ2v) is 7.70. The quantitative estimate of drug-likeness (QED) is 0.633. The molecule has 3 aromatic heterocycles. The minimum atomic E-state index is -2.66. The molecule has 1 amide bonds. The first-order valence-corrected chi connectivity index (χ1v) is 9.92. The Balaban J connectivity index is 1.62. The fourth-order valence-electron chi connectivity index (χ4n) is 3.97. The molecule has 1 aliphatic rings. The summed E-state index contributed by atoms with van der Waals surface area (Å²) in [6, 6.07) is 2.93. The maximum Gasteiger partial charge on any atom is 0.282 e. The summed E-state index contributed by atoms with van der Waals surface area (Å²) < 4.78 is 34.4. The highest BCUT2D eigenvalue weighted by molar-refractivity contribution is 5.77. The minimum Gasteiger partial charge on any atom is -0.356 e. The van der Waals surface area contributed by atoms with Crippen LogP contribution in [0.3, 0.4) is 0 Å². The van der Waals surface area contributed by atoms with Gasteiger partial charge in [-0.1, -0.05) is 5.16 Å². The molecule has 30 heavy (non-hydrogen) atoms. The Kier molecular flexibility index (Phi) is 5.40. The first-order chi connectivity index (χ1) is 14.3. The smallest absolute Gasteiger partial charge is 0.282 e. The summed E-state index contributed by atoms with van der Waals surface area (Å²) in [5, 5.41) is 12.5. The molecule has 1 saturated heterocycles. The zero-order valence-corrected chi connectivity index (χ0v) is 17.2. The zero-order chi connectivity index (χ0) is 21.4. The molecule has 0 radical (unpaired) electrons. The predicted octanol–water partition coefficient (Wildman–Crippen LogP) is 3.58. The van der Waals surface area contributed by atoms with Crippen molar-refractivity contribution in [1.29, 1.82) is 0 Å². The molecule has 0 aromatic carbocycles. The van der Waals surface area contributed by atoms with Crippen LogP contribution in [0, 0.1) is 13.8 Å². The Labute approximate surface area is 172 Å². The largest absolute Gasteiger partial charge is 0.356 e. The molecule has 160 valence electrons. The first kappa shape index (κ1) is 20.2. The van der Waals surface area contributed by atoms with E-state index >= 15 is 0 Å². The van der Waals surface area contributed by atoms with Gasteiger partial charge in [0.1, 0.15) is 12.2 Å². The molecular weight excluding hydrogens is 394 g/mol. The summed E-state index contributed by atoms with van der Waals surface area (Å²) in [4.78, 5) is 14.9. The lowest BCUT2D eigenvalue weighted by molar-refractivity contribution is -0.136. The Morgan fingerprint density at radius 3 is 2.73 bits per heavy atom. The average Bonchev–Trinajstić information content (AvgIpc) is 3.41. The highest BCUT2D eigenvalue weighted by atomic mass is 19.3. The van der Waals surface area contributed by atoms with Crippen molar-refractivity contribution in [2.75, 3.05) is 6.54 Å². The van der Waals surface area contributed by atoms with Crippen LogP contribution in [0.15, 0.2) is 22.9 Å². The van der Waals surface area contributed by atoms with Gasteiger partial charge in [0, 0.05) is 31.5 Å². The minimum absolute atomic E-state index is 0.0847. The van der Waals surface area contributed by atoms with Crippen LogP contribution in [0.4, 0.5) is 8.78 Å². The molecule has 10 heteroatoms. The van der Waals surface area contributed by atoms with Crippen molar-refractivity contribution in [3.8, 4) is 11.3 Å². The van der Waals surface area contributed by atoms with Crippen molar-refractivity contribution >= 4 is 5.91 Å². The van der Waals surface area contributed by atoms with Gasteiger partial charge < -0.3 is 9.42 Å². The molecule has 3 aromatic rings. The van der Waals surface area contributed by atoms with Crippen LogP contribution in [0.2, 0.25) is 0 Å². The normalized spacial score (nSPS) is 17.1. The van der Waals surface area contributed by atoms with Gasteiger partial charge in [-0.05, 0) is 39.2 Å². The number of rotatable bonds is 5. The van der Waals surface area contributed by atoms with Gasteiger partial charge in [-0.25, -0.2) is 8.78 Å². The predicted molar refractivity (Wildman–Crippen MR) is 104 cm³/mol. The van der Waals surface area contributed by atoms with Crippen LogP contribution < -0.4 is 0 Å². The summed E-state index contributed by atoms with van der Waals surface area (Å²) in [5.74, 6) is 0.440. The Morgan fingerprint density at radius 1 is 1.27 bits per heavy atom. The van der Waals surface area contributed by atoms with Crippen molar-refractivity contribution in [2.45, 2.75) is 52.1 Å². The number of hydrogen-bond acceptors (Lipinski definition) is 5. The molecule has 0 saturated carbocycles. The number of aryl methyl sites for hydroxylation is 3. The number of aromatic nitrogens is 5. The number of likely N-dealkylation sites (tertiary alicyclic amines) is 1. The molecule has 0 bridgehead atoms. The molecule has 8 nitrogen and oxygen atoms in total. The fourth-order valence-corrected chi connectivity index (χ4v) is 3.97. The third-order valence-corrected chi connectivity index (χ3v) is 5.40. The van der Waals surface area contributed by atoms with E-state index in [-0.39, 0.29) is 24.2 Å². The Morgan fingerprint density at radius 2 is 2.07 bits per heavy atom. The number of nitrogens with zero attached hydrogens (tertiary/aromatic N) is 6. The summed E-state index contributed by atoms with van der Waals surface area (Å²) in [6.45, 7) is 4.01. The van der Waals surface area contributed by atoms with E-state index in [0.717, 1.165) is 36.2 Å². The second kappa shape index (κ2) is 8.00. The molecule has 4 heterocycles. The van der Waals surface area contributed by atoms with E-state index < -0.39 is 6.43 Å². The topological polar surface area (TPSA) is 82.0 Å². The van der Waals surface area contributed by atoms with Crippen LogP contribution in [0.5, 0.6) is 0 Å². The van der Waals surface area contributed by atoms with Crippen molar-refractivity contribution in [3.05, 3.63) is 41.1 Å². The molecule has 4 rings (SSSR count). The van der Waals surface area contributed by atoms with Gasteiger partial charge in [0.25, 0.3) is 6.43 Å². The highest BCUT2D eigenvalue weighted by Crippen LogP contribution is 2.36. The van der Waals surface area contributed by atoms with Crippen molar-refractivity contribution in [3.63, 3.8) is 0 Å². The van der Waals surface area contributed by atoms with E-state index in [9.17, 15) is 13.6 Å². The number of piperidine rings is 1. The molecule has 0 N–H and O–H groups in total. The first-order valence-electron chi connectivity index (χ1n) is 9.92.